The predicted molar refractivity (Wildman–Crippen MR) is 56.9 cm³/mol. The number of halogens is 1. The second kappa shape index (κ2) is 5.19. The Kier molecular flexibility index (Phi) is 3.78. The number of aromatic nitrogens is 2. The van der Waals surface area contributed by atoms with Gasteiger partial charge in [0.1, 0.15) is 18.3 Å². The van der Waals surface area contributed by atoms with Crippen LogP contribution >= 0.6 is 0 Å². The number of aliphatic hydroxyl groups excluding tert-OH is 3. The van der Waals surface area contributed by atoms with Crippen molar-refractivity contribution in [2.24, 2.45) is 0 Å². The number of hydrogen-bond donors (Lipinski definition) is 5. The van der Waals surface area contributed by atoms with Gasteiger partial charge in [0.25, 0.3) is 0 Å². The van der Waals surface area contributed by atoms with Crippen LogP contribution in [0.2, 0.25) is 0 Å². The molecule has 0 amide bonds. The third-order valence-electron chi connectivity index (χ3n) is 2.80. The number of hydrogen-bond acceptors (Lipinski definition) is 8. The zero-order valence-corrected chi connectivity index (χ0v) is 9.47. The van der Waals surface area contributed by atoms with Gasteiger partial charge in [-0.1, -0.05) is 0 Å². The van der Waals surface area contributed by atoms with Gasteiger partial charge < -0.3 is 20.1 Å². The largest absolute Gasteiger partial charge is 0.394 e. The van der Waals surface area contributed by atoms with Crippen LogP contribution in [0.5, 0.6) is 0 Å². The summed E-state index contributed by atoms with van der Waals surface area (Å²) < 4.78 is 19.1. The molecule has 0 bridgehead atoms. The summed E-state index contributed by atoms with van der Waals surface area (Å²) >= 11 is 0. The van der Waals surface area contributed by atoms with Crippen molar-refractivity contribution in [2.45, 2.75) is 24.5 Å². The lowest BCUT2D eigenvalue weighted by Crippen LogP contribution is -2.36. The smallest absolute Gasteiger partial charge is 0.351 e. The highest BCUT2D eigenvalue weighted by molar-refractivity contribution is 5.30. The lowest BCUT2D eigenvalue weighted by molar-refractivity contribution is -0.0553. The van der Waals surface area contributed by atoms with Gasteiger partial charge in [0, 0.05) is 0 Å². The monoisotopic (exact) mass is 277 g/mol. The SMILES string of the molecule is O=c1nc(NO)c(F)cn1[C@@H]1O[C@H](CO)[C@H](O)C1O. The first kappa shape index (κ1) is 13.8. The van der Waals surface area contributed by atoms with Crippen LogP contribution in [0.4, 0.5) is 10.2 Å². The summed E-state index contributed by atoms with van der Waals surface area (Å²) in [4.78, 5) is 14.8. The minimum atomic E-state index is -1.52. The second-order valence-corrected chi connectivity index (χ2v) is 3.97. The Morgan fingerprint density at radius 3 is 2.68 bits per heavy atom. The van der Waals surface area contributed by atoms with E-state index < -0.39 is 48.5 Å². The van der Waals surface area contributed by atoms with Crippen LogP contribution in [-0.4, -0.2) is 55.0 Å². The lowest BCUT2D eigenvalue weighted by atomic mass is 10.1. The van der Waals surface area contributed by atoms with Gasteiger partial charge in [0.15, 0.2) is 17.9 Å². The van der Waals surface area contributed by atoms with Crippen LogP contribution in [0.3, 0.4) is 0 Å². The fourth-order valence-electron chi connectivity index (χ4n) is 1.82. The van der Waals surface area contributed by atoms with Crippen molar-refractivity contribution in [3.8, 4) is 0 Å². The molecule has 0 aliphatic carbocycles. The Bertz CT molecular complexity index is 523. The molecule has 1 saturated heterocycles. The Hall–Kier alpha value is -1.59. The fourth-order valence-corrected chi connectivity index (χ4v) is 1.82. The van der Waals surface area contributed by atoms with E-state index in [1.54, 1.807) is 0 Å². The van der Waals surface area contributed by atoms with E-state index in [9.17, 15) is 19.4 Å². The molecule has 1 aromatic rings. The summed E-state index contributed by atoms with van der Waals surface area (Å²) in [5.74, 6) is -1.73. The second-order valence-electron chi connectivity index (χ2n) is 3.97. The van der Waals surface area contributed by atoms with Crippen LogP contribution in [-0.2, 0) is 4.74 Å². The molecule has 19 heavy (non-hydrogen) atoms. The fraction of sp³-hybridized carbons (Fsp3) is 0.556. The number of anilines is 1. The Labute approximate surface area is 105 Å². The van der Waals surface area contributed by atoms with Crippen molar-refractivity contribution in [3.63, 3.8) is 0 Å². The molecule has 2 heterocycles. The molecule has 1 aliphatic heterocycles. The van der Waals surface area contributed by atoms with Gasteiger partial charge in [-0.05, 0) is 0 Å². The van der Waals surface area contributed by atoms with E-state index >= 15 is 0 Å². The zero-order valence-electron chi connectivity index (χ0n) is 9.47. The molecule has 4 atom stereocenters. The molecule has 1 unspecified atom stereocenters. The summed E-state index contributed by atoms with van der Waals surface area (Å²) in [5.41, 5.74) is 0.395. The minimum absolute atomic E-state index is 0.574. The van der Waals surface area contributed by atoms with Crippen LogP contribution in [0.25, 0.3) is 0 Å². The molecule has 0 spiro atoms. The number of nitrogens with zero attached hydrogens (tertiary/aromatic N) is 2. The Morgan fingerprint density at radius 2 is 2.16 bits per heavy atom. The van der Waals surface area contributed by atoms with E-state index in [0.717, 1.165) is 0 Å². The number of aliphatic hydroxyl groups is 3. The molecular formula is C9H12FN3O6. The van der Waals surface area contributed by atoms with Gasteiger partial charge in [-0.25, -0.2) is 14.7 Å². The van der Waals surface area contributed by atoms with Gasteiger partial charge in [0.2, 0.25) is 0 Å². The van der Waals surface area contributed by atoms with Crippen molar-refractivity contribution < 1.29 is 29.7 Å². The van der Waals surface area contributed by atoms with Crippen molar-refractivity contribution in [1.82, 2.24) is 9.55 Å². The Balaban J connectivity index is 2.38. The predicted octanol–water partition coefficient (Wildman–Crippen LogP) is -2.20. The summed E-state index contributed by atoms with van der Waals surface area (Å²) in [5, 5.41) is 36.7. The standard InChI is InChI=1S/C9H12FN3O6/c10-3-1-13(9(17)11-7(3)12-18)8-6(16)5(15)4(2-14)19-8/h1,4-6,8,14-16,18H,2H2,(H,11,12,17)/t4-,5+,6?,8-/m1/s1. The van der Waals surface area contributed by atoms with Crippen LogP contribution in [0.15, 0.2) is 11.0 Å². The summed E-state index contributed by atoms with van der Waals surface area (Å²) in [6.45, 7) is -0.574. The number of ether oxygens (including phenoxy) is 1. The molecule has 1 fully saturated rings. The van der Waals surface area contributed by atoms with Gasteiger partial charge in [-0.3, -0.25) is 9.77 Å². The molecule has 2 rings (SSSR count). The van der Waals surface area contributed by atoms with Crippen molar-refractivity contribution >= 4 is 5.82 Å². The van der Waals surface area contributed by atoms with Crippen LogP contribution < -0.4 is 11.2 Å². The Morgan fingerprint density at radius 1 is 1.47 bits per heavy atom. The highest BCUT2D eigenvalue weighted by atomic mass is 19.1. The molecule has 0 saturated carbocycles. The maximum atomic E-state index is 13.4. The van der Waals surface area contributed by atoms with Crippen molar-refractivity contribution in [3.05, 3.63) is 22.5 Å². The summed E-state index contributed by atoms with van der Waals surface area (Å²) in [7, 11) is 0. The van der Waals surface area contributed by atoms with Gasteiger partial charge >= 0.3 is 5.69 Å². The summed E-state index contributed by atoms with van der Waals surface area (Å²) in [6.07, 6.45) is -4.75. The molecule has 1 aromatic heterocycles. The van der Waals surface area contributed by atoms with E-state index in [0.29, 0.717) is 10.8 Å². The zero-order chi connectivity index (χ0) is 14.2. The molecule has 0 radical (unpaired) electrons. The van der Waals surface area contributed by atoms with Gasteiger partial charge in [-0.15, -0.1) is 0 Å². The third kappa shape index (κ3) is 2.31. The first-order chi connectivity index (χ1) is 8.99. The topological polar surface area (TPSA) is 137 Å². The van der Waals surface area contributed by atoms with Crippen LogP contribution in [0.1, 0.15) is 6.23 Å². The lowest BCUT2D eigenvalue weighted by Gasteiger charge is -2.17. The molecule has 10 heteroatoms. The van der Waals surface area contributed by atoms with Gasteiger partial charge in [-0.2, -0.15) is 4.98 Å². The maximum Gasteiger partial charge on any atom is 0.351 e. The third-order valence-corrected chi connectivity index (χ3v) is 2.80. The molecule has 106 valence electrons. The van der Waals surface area contributed by atoms with E-state index in [1.807, 2.05) is 0 Å². The van der Waals surface area contributed by atoms with Crippen molar-refractivity contribution in [2.75, 3.05) is 12.1 Å². The van der Waals surface area contributed by atoms with E-state index in [4.69, 9.17) is 15.1 Å². The number of rotatable bonds is 3. The molecule has 1 aliphatic rings. The molecular weight excluding hydrogens is 265 g/mol. The normalized spacial score (nSPS) is 30.6. The van der Waals surface area contributed by atoms with E-state index in [-0.39, 0.29) is 0 Å². The molecule has 0 aromatic carbocycles. The molecule has 9 nitrogen and oxygen atoms in total. The van der Waals surface area contributed by atoms with E-state index in [1.165, 1.54) is 5.48 Å². The van der Waals surface area contributed by atoms with Crippen molar-refractivity contribution in [1.29, 1.82) is 0 Å². The average Bonchev–Trinajstić information content (AvgIpc) is 2.68. The maximum absolute atomic E-state index is 13.4. The highest BCUT2D eigenvalue weighted by Gasteiger charge is 2.44. The highest BCUT2D eigenvalue weighted by Crippen LogP contribution is 2.28. The minimum Gasteiger partial charge on any atom is -0.394 e. The van der Waals surface area contributed by atoms with E-state index in [2.05, 4.69) is 4.98 Å². The number of nitrogens with one attached hydrogen (secondary N) is 1. The summed E-state index contributed by atoms with van der Waals surface area (Å²) in [6, 6.07) is 0. The first-order valence-electron chi connectivity index (χ1n) is 5.30. The van der Waals surface area contributed by atoms with Crippen LogP contribution in [0, 0.1) is 5.82 Å². The first-order valence-corrected chi connectivity index (χ1v) is 5.30. The molecule has 5 N–H and O–H groups in total. The average molecular weight is 277 g/mol. The quantitative estimate of drug-likeness (QED) is 0.392. The van der Waals surface area contributed by atoms with Gasteiger partial charge in [0.05, 0.1) is 12.8 Å².